The van der Waals surface area contributed by atoms with Gasteiger partial charge in [-0.2, -0.15) is 16.9 Å². The van der Waals surface area contributed by atoms with Gasteiger partial charge in [0, 0.05) is 25.3 Å². The van der Waals surface area contributed by atoms with Gasteiger partial charge in [0.2, 0.25) is 0 Å². The zero-order valence-corrected chi connectivity index (χ0v) is 12.9. The van der Waals surface area contributed by atoms with Crippen LogP contribution in [0.4, 0.5) is 0 Å². The lowest BCUT2D eigenvalue weighted by molar-refractivity contribution is 0.550. The molecule has 0 saturated carbocycles. The van der Waals surface area contributed by atoms with Gasteiger partial charge in [0.05, 0.1) is 16.4 Å². The lowest BCUT2D eigenvalue weighted by Gasteiger charge is -2.15. The molecule has 1 rings (SSSR count). The summed E-state index contributed by atoms with van der Waals surface area (Å²) in [5.41, 5.74) is 4.90. The largest absolute Gasteiger partial charge is 0.271 e. The van der Waals surface area contributed by atoms with Crippen LogP contribution < -0.4 is 11.3 Å². The summed E-state index contributed by atoms with van der Waals surface area (Å²) in [5, 5.41) is 5.21. The summed E-state index contributed by atoms with van der Waals surface area (Å²) < 4.78 is 1.87. The highest BCUT2D eigenvalue weighted by atomic mass is 35.5. The lowest BCUT2D eigenvalue weighted by atomic mass is 10.1. The van der Waals surface area contributed by atoms with E-state index in [0.29, 0.717) is 0 Å². The summed E-state index contributed by atoms with van der Waals surface area (Å²) in [4.78, 5) is 0. The first-order chi connectivity index (χ1) is 8.63. The third kappa shape index (κ3) is 4.16. The Morgan fingerprint density at radius 3 is 2.72 bits per heavy atom. The Balaban J connectivity index is 2.66. The summed E-state index contributed by atoms with van der Waals surface area (Å²) in [6.45, 7) is 4.25. The van der Waals surface area contributed by atoms with Gasteiger partial charge in [0.15, 0.2) is 0 Å². The minimum atomic E-state index is 0.235. The van der Waals surface area contributed by atoms with E-state index in [-0.39, 0.29) is 6.04 Å². The molecule has 1 atom stereocenters. The molecule has 104 valence electrons. The molecular weight excluding hydrogens is 268 g/mol. The van der Waals surface area contributed by atoms with Crippen molar-refractivity contribution in [3.05, 3.63) is 16.4 Å². The quantitative estimate of drug-likeness (QED) is 0.438. The van der Waals surface area contributed by atoms with Crippen LogP contribution in [0.3, 0.4) is 0 Å². The molecule has 0 fully saturated rings. The summed E-state index contributed by atoms with van der Waals surface area (Å²) in [6, 6.07) is 0.235. The third-order valence-electron chi connectivity index (χ3n) is 2.85. The van der Waals surface area contributed by atoms with Crippen molar-refractivity contribution in [2.75, 3.05) is 11.5 Å². The van der Waals surface area contributed by atoms with Crippen LogP contribution in [0.2, 0.25) is 5.02 Å². The van der Waals surface area contributed by atoms with Crippen molar-refractivity contribution in [3.8, 4) is 0 Å². The van der Waals surface area contributed by atoms with E-state index in [0.717, 1.165) is 40.8 Å². The second-order valence-electron chi connectivity index (χ2n) is 4.33. The summed E-state index contributed by atoms with van der Waals surface area (Å²) in [6.07, 6.45) is 2.86. The molecule has 3 N–H and O–H groups in total. The van der Waals surface area contributed by atoms with Crippen molar-refractivity contribution in [3.63, 3.8) is 0 Å². The van der Waals surface area contributed by atoms with E-state index < -0.39 is 0 Å². The zero-order chi connectivity index (χ0) is 13.5. The molecule has 0 aliphatic rings. The van der Waals surface area contributed by atoms with E-state index >= 15 is 0 Å². The summed E-state index contributed by atoms with van der Waals surface area (Å²) >= 11 is 8.25. The first-order valence-corrected chi connectivity index (χ1v) is 7.91. The lowest BCUT2D eigenvalue weighted by Crippen LogP contribution is -2.39. The van der Waals surface area contributed by atoms with Gasteiger partial charge in [0.1, 0.15) is 0 Å². The molecule has 1 unspecified atom stereocenters. The molecule has 0 aliphatic carbocycles. The van der Waals surface area contributed by atoms with Crippen LogP contribution in [0.5, 0.6) is 0 Å². The Bertz CT molecular complexity index is 367. The molecule has 18 heavy (non-hydrogen) atoms. The Morgan fingerprint density at radius 2 is 2.22 bits per heavy atom. The summed E-state index contributed by atoms with van der Waals surface area (Å²) in [5.74, 6) is 7.76. The molecule has 1 aromatic heterocycles. The van der Waals surface area contributed by atoms with Crippen molar-refractivity contribution in [1.82, 2.24) is 15.2 Å². The number of thioether (sulfide) groups is 1. The van der Waals surface area contributed by atoms with E-state index in [1.165, 1.54) is 6.42 Å². The highest BCUT2D eigenvalue weighted by molar-refractivity contribution is 7.99. The number of hydrogen-bond acceptors (Lipinski definition) is 4. The van der Waals surface area contributed by atoms with Crippen LogP contribution >= 0.6 is 23.4 Å². The second kappa shape index (κ2) is 8.04. The summed E-state index contributed by atoms with van der Waals surface area (Å²) in [7, 11) is 1.94. The molecule has 0 spiro atoms. The standard InChI is InChI=1S/C12H23ClN4S/c1-4-6-18-8-9(15-14)7-11-12(13)10(5-2)16-17(11)3/h9,15H,4-8,14H2,1-3H3. The molecule has 1 heterocycles. The van der Waals surface area contributed by atoms with Crippen LogP contribution in [-0.4, -0.2) is 27.3 Å². The first kappa shape index (κ1) is 15.8. The number of hydrazine groups is 1. The fourth-order valence-corrected chi connectivity index (χ4v) is 3.14. The Kier molecular flexibility index (Phi) is 7.07. The van der Waals surface area contributed by atoms with Crippen LogP contribution in [0.25, 0.3) is 0 Å². The predicted octanol–water partition coefficient (Wildman–Crippen LogP) is 2.15. The van der Waals surface area contributed by atoms with Crippen molar-refractivity contribution in [2.45, 2.75) is 39.2 Å². The molecule has 0 aliphatic heterocycles. The van der Waals surface area contributed by atoms with Crippen LogP contribution in [-0.2, 0) is 19.9 Å². The SMILES string of the molecule is CCCSCC(Cc1c(Cl)c(CC)nn1C)NN. The number of rotatable bonds is 8. The van der Waals surface area contributed by atoms with Gasteiger partial charge in [-0.1, -0.05) is 25.4 Å². The normalized spacial score (nSPS) is 12.9. The van der Waals surface area contributed by atoms with Gasteiger partial charge >= 0.3 is 0 Å². The molecule has 0 bridgehead atoms. The number of nitrogens with two attached hydrogens (primary N) is 1. The number of nitrogens with zero attached hydrogens (tertiary/aromatic N) is 2. The van der Waals surface area contributed by atoms with E-state index in [9.17, 15) is 0 Å². The van der Waals surface area contributed by atoms with Gasteiger partial charge in [-0.25, -0.2) is 0 Å². The minimum absolute atomic E-state index is 0.235. The van der Waals surface area contributed by atoms with Gasteiger partial charge in [-0.05, 0) is 18.6 Å². The average molecular weight is 291 g/mol. The van der Waals surface area contributed by atoms with Crippen molar-refractivity contribution >= 4 is 23.4 Å². The van der Waals surface area contributed by atoms with E-state index in [4.69, 9.17) is 17.4 Å². The zero-order valence-electron chi connectivity index (χ0n) is 11.4. The monoisotopic (exact) mass is 290 g/mol. The maximum absolute atomic E-state index is 6.33. The highest BCUT2D eigenvalue weighted by Gasteiger charge is 2.17. The maximum atomic E-state index is 6.33. The van der Waals surface area contributed by atoms with Crippen LogP contribution in [0, 0.1) is 0 Å². The molecule has 0 amide bonds. The number of nitrogens with one attached hydrogen (secondary N) is 1. The van der Waals surface area contributed by atoms with E-state index in [2.05, 4.69) is 24.4 Å². The van der Waals surface area contributed by atoms with Gasteiger partial charge in [-0.15, -0.1) is 0 Å². The molecule has 0 aromatic carbocycles. The molecule has 1 aromatic rings. The Labute approximate surface area is 119 Å². The number of halogens is 1. The van der Waals surface area contributed by atoms with Crippen molar-refractivity contribution in [1.29, 1.82) is 0 Å². The molecule has 4 nitrogen and oxygen atoms in total. The maximum Gasteiger partial charge on any atom is 0.0850 e. The second-order valence-corrected chi connectivity index (χ2v) is 5.85. The van der Waals surface area contributed by atoms with Gasteiger partial charge in [-0.3, -0.25) is 16.0 Å². The number of aryl methyl sites for hydroxylation is 2. The fourth-order valence-electron chi connectivity index (χ4n) is 1.81. The number of aromatic nitrogens is 2. The third-order valence-corrected chi connectivity index (χ3v) is 4.62. The Hall–Kier alpha value is -0.230. The molecule has 0 saturated heterocycles. The Morgan fingerprint density at radius 1 is 1.50 bits per heavy atom. The topological polar surface area (TPSA) is 55.9 Å². The van der Waals surface area contributed by atoms with Gasteiger partial charge < -0.3 is 0 Å². The molecule has 6 heteroatoms. The van der Waals surface area contributed by atoms with Gasteiger partial charge in [0.25, 0.3) is 0 Å². The first-order valence-electron chi connectivity index (χ1n) is 6.38. The van der Waals surface area contributed by atoms with Crippen molar-refractivity contribution in [2.24, 2.45) is 12.9 Å². The van der Waals surface area contributed by atoms with E-state index in [1.807, 2.05) is 23.5 Å². The van der Waals surface area contributed by atoms with Crippen LogP contribution in [0.15, 0.2) is 0 Å². The van der Waals surface area contributed by atoms with Crippen molar-refractivity contribution < 1.29 is 0 Å². The fraction of sp³-hybridized carbons (Fsp3) is 0.750. The smallest absolute Gasteiger partial charge is 0.0850 e. The van der Waals surface area contributed by atoms with Crippen LogP contribution in [0.1, 0.15) is 31.7 Å². The highest BCUT2D eigenvalue weighted by Crippen LogP contribution is 2.22. The van der Waals surface area contributed by atoms with E-state index in [1.54, 1.807) is 0 Å². The molecule has 0 radical (unpaired) electrons. The average Bonchev–Trinajstić information content (AvgIpc) is 2.64. The molecular formula is C12H23ClN4S. The number of hydrogen-bond donors (Lipinski definition) is 2. The minimum Gasteiger partial charge on any atom is -0.271 e. The predicted molar refractivity (Wildman–Crippen MR) is 80.0 cm³/mol.